The molecule has 8 heteroatoms. The number of aromatic hydroxyl groups is 1. The van der Waals surface area contributed by atoms with E-state index in [1.165, 1.54) is 17.6 Å². The van der Waals surface area contributed by atoms with Crippen LogP contribution in [-0.4, -0.2) is 22.2 Å². The van der Waals surface area contributed by atoms with E-state index < -0.39 is 0 Å². The third-order valence-electron chi connectivity index (χ3n) is 3.44. The zero-order chi connectivity index (χ0) is 18.7. The van der Waals surface area contributed by atoms with Gasteiger partial charge in [0.05, 0.1) is 20.9 Å². The Kier molecular flexibility index (Phi) is 5.85. The molecule has 1 heterocycles. The maximum Gasteiger partial charge on any atom is 0.283 e. The summed E-state index contributed by atoms with van der Waals surface area (Å²) in [4.78, 5) is 17.4. The SMILES string of the molecule is Cc1nc(-c2ccccc2)sc1C(=O)N/N=C/c1cc(Br)c(O)c(Br)c1. The number of aryl methyl sites for hydroxylation is 1. The summed E-state index contributed by atoms with van der Waals surface area (Å²) in [6, 6.07) is 13.1. The summed E-state index contributed by atoms with van der Waals surface area (Å²) in [5, 5.41) is 14.5. The van der Waals surface area contributed by atoms with Gasteiger partial charge in [-0.15, -0.1) is 11.3 Å². The highest BCUT2D eigenvalue weighted by Gasteiger charge is 2.15. The van der Waals surface area contributed by atoms with E-state index in [4.69, 9.17) is 0 Å². The molecule has 2 aromatic carbocycles. The van der Waals surface area contributed by atoms with Crippen molar-refractivity contribution in [3.05, 3.63) is 67.5 Å². The number of aromatic nitrogens is 1. The Bertz CT molecular complexity index is 964. The second kappa shape index (κ2) is 8.11. The van der Waals surface area contributed by atoms with Crippen molar-refractivity contribution >= 4 is 55.3 Å². The summed E-state index contributed by atoms with van der Waals surface area (Å²) < 4.78 is 1.07. The van der Waals surface area contributed by atoms with Gasteiger partial charge in [-0.2, -0.15) is 5.10 Å². The van der Waals surface area contributed by atoms with Gasteiger partial charge in [-0.05, 0) is 56.5 Å². The van der Waals surface area contributed by atoms with Crippen molar-refractivity contribution in [1.82, 2.24) is 10.4 Å². The van der Waals surface area contributed by atoms with Gasteiger partial charge in [0, 0.05) is 5.56 Å². The molecule has 1 amide bonds. The van der Waals surface area contributed by atoms with Crippen LogP contribution in [0.1, 0.15) is 20.9 Å². The van der Waals surface area contributed by atoms with E-state index in [1.807, 2.05) is 30.3 Å². The molecule has 26 heavy (non-hydrogen) atoms. The maximum absolute atomic E-state index is 12.4. The summed E-state index contributed by atoms with van der Waals surface area (Å²) in [6.45, 7) is 1.80. The molecule has 0 fully saturated rings. The third kappa shape index (κ3) is 4.20. The van der Waals surface area contributed by atoms with Gasteiger partial charge in [0.2, 0.25) is 0 Å². The zero-order valence-corrected chi connectivity index (χ0v) is 17.5. The quantitative estimate of drug-likeness (QED) is 0.390. The molecule has 0 aliphatic rings. The smallest absolute Gasteiger partial charge is 0.283 e. The Labute approximate surface area is 171 Å². The minimum absolute atomic E-state index is 0.111. The summed E-state index contributed by atoms with van der Waals surface area (Å²) in [5.74, 6) is -0.199. The van der Waals surface area contributed by atoms with E-state index in [9.17, 15) is 9.90 Å². The second-order valence-corrected chi connectivity index (χ2v) is 8.04. The van der Waals surface area contributed by atoms with Crippen LogP contribution < -0.4 is 5.43 Å². The van der Waals surface area contributed by atoms with Gasteiger partial charge >= 0.3 is 0 Å². The molecule has 0 unspecified atom stereocenters. The number of phenols is 1. The minimum Gasteiger partial charge on any atom is -0.506 e. The number of rotatable bonds is 4. The molecule has 0 atom stereocenters. The zero-order valence-electron chi connectivity index (χ0n) is 13.5. The summed E-state index contributed by atoms with van der Waals surface area (Å²) in [6.07, 6.45) is 1.50. The lowest BCUT2D eigenvalue weighted by Crippen LogP contribution is -2.17. The van der Waals surface area contributed by atoms with Gasteiger partial charge in [-0.3, -0.25) is 4.79 Å². The van der Waals surface area contributed by atoms with Crippen LogP contribution in [-0.2, 0) is 0 Å². The molecule has 0 aliphatic carbocycles. The Morgan fingerprint density at radius 2 is 1.88 bits per heavy atom. The first kappa shape index (κ1) is 18.8. The Morgan fingerprint density at radius 1 is 1.23 bits per heavy atom. The molecule has 0 spiro atoms. The van der Waals surface area contributed by atoms with E-state index in [0.717, 1.165) is 10.6 Å². The van der Waals surface area contributed by atoms with E-state index in [-0.39, 0.29) is 11.7 Å². The number of hydrazone groups is 1. The largest absolute Gasteiger partial charge is 0.506 e. The molecule has 5 nitrogen and oxygen atoms in total. The maximum atomic E-state index is 12.4. The number of amides is 1. The molecule has 3 aromatic rings. The molecular weight excluding hydrogens is 482 g/mol. The summed E-state index contributed by atoms with van der Waals surface area (Å²) >= 11 is 7.84. The highest BCUT2D eigenvalue weighted by atomic mass is 79.9. The number of thiazole rings is 1. The third-order valence-corrected chi connectivity index (χ3v) is 5.86. The van der Waals surface area contributed by atoms with Gasteiger partial charge in [-0.1, -0.05) is 30.3 Å². The lowest BCUT2D eigenvalue weighted by atomic mass is 10.2. The topological polar surface area (TPSA) is 74.6 Å². The van der Waals surface area contributed by atoms with Crippen molar-refractivity contribution in [1.29, 1.82) is 0 Å². The van der Waals surface area contributed by atoms with Gasteiger partial charge in [-0.25, -0.2) is 10.4 Å². The van der Waals surface area contributed by atoms with E-state index >= 15 is 0 Å². The van der Waals surface area contributed by atoms with E-state index in [2.05, 4.69) is 47.4 Å². The van der Waals surface area contributed by atoms with Crippen LogP contribution in [0.3, 0.4) is 0 Å². The van der Waals surface area contributed by atoms with Crippen LogP contribution in [0.5, 0.6) is 5.75 Å². The fourth-order valence-corrected chi connectivity index (χ4v) is 4.37. The lowest BCUT2D eigenvalue weighted by molar-refractivity contribution is 0.0958. The molecule has 0 bridgehead atoms. The van der Waals surface area contributed by atoms with Crippen LogP contribution in [0, 0.1) is 6.92 Å². The van der Waals surface area contributed by atoms with Crippen molar-refractivity contribution in [3.63, 3.8) is 0 Å². The predicted molar refractivity (Wildman–Crippen MR) is 111 cm³/mol. The first-order chi connectivity index (χ1) is 12.5. The average molecular weight is 495 g/mol. The molecule has 0 aliphatic heterocycles. The standard InChI is InChI=1S/C18H13Br2N3O2S/c1-10-16(26-18(22-10)12-5-3-2-4-6-12)17(25)23-21-9-11-7-13(19)15(24)14(20)8-11/h2-9,24H,1H3,(H,23,25)/b21-9+. The molecule has 3 rings (SSSR count). The van der Waals surface area contributed by atoms with Crippen molar-refractivity contribution in [2.24, 2.45) is 5.10 Å². The number of carbonyl (C=O) groups is 1. The molecule has 2 N–H and O–H groups in total. The number of phenolic OH excluding ortho intramolecular Hbond substituents is 1. The number of hydrogen-bond acceptors (Lipinski definition) is 5. The highest BCUT2D eigenvalue weighted by Crippen LogP contribution is 2.32. The van der Waals surface area contributed by atoms with Crippen molar-refractivity contribution in [3.8, 4) is 16.3 Å². The second-order valence-electron chi connectivity index (χ2n) is 5.33. The molecule has 0 saturated heterocycles. The lowest BCUT2D eigenvalue weighted by Gasteiger charge is -2.02. The number of hydrogen-bond donors (Lipinski definition) is 2. The first-order valence-electron chi connectivity index (χ1n) is 7.50. The number of benzene rings is 2. The predicted octanol–water partition coefficient (Wildman–Crippen LogP) is 5.11. The Morgan fingerprint density at radius 3 is 2.54 bits per heavy atom. The molecular formula is C18H13Br2N3O2S. The van der Waals surface area contributed by atoms with E-state index in [0.29, 0.717) is 25.1 Å². The number of nitrogens with zero attached hydrogens (tertiary/aromatic N) is 2. The Hall–Kier alpha value is -2.03. The molecule has 0 saturated carbocycles. The average Bonchev–Trinajstić information content (AvgIpc) is 3.02. The fourth-order valence-electron chi connectivity index (χ4n) is 2.19. The van der Waals surface area contributed by atoms with Gasteiger partial charge in [0.25, 0.3) is 5.91 Å². The van der Waals surface area contributed by atoms with Gasteiger partial charge in [0.15, 0.2) is 0 Å². The van der Waals surface area contributed by atoms with Gasteiger partial charge < -0.3 is 5.11 Å². The summed E-state index contributed by atoms with van der Waals surface area (Å²) in [5.41, 5.74) is 4.87. The first-order valence-corrected chi connectivity index (χ1v) is 9.90. The van der Waals surface area contributed by atoms with E-state index in [1.54, 1.807) is 19.1 Å². The van der Waals surface area contributed by atoms with Gasteiger partial charge in [0.1, 0.15) is 15.6 Å². The molecule has 0 radical (unpaired) electrons. The van der Waals surface area contributed by atoms with Crippen LogP contribution in [0.4, 0.5) is 0 Å². The number of nitrogens with one attached hydrogen (secondary N) is 1. The highest BCUT2D eigenvalue weighted by molar-refractivity contribution is 9.11. The normalized spacial score (nSPS) is 11.0. The summed E-state index contributed by atoms with van der Waals surface area (Å²) in [7, 11) is 0. The van der Waals surface area contributed by atoms with Crippen LogP contribution in [0.2, 0.25) is 0 Å². The minimum atomic E-state index is -0.310. The van der Waals surface area contributed by atoms with Crippen molar-refractivity contribution in [2.45, 2.75) is 6.92 Å². The fraction of sp³-hybridized carbons (Fsp3) is 0.0556. The van der Waals surface area contributed by atoms with Crippen molar-refractivity contribution < 1.29 is 9.90 Å². The number of carbonyl (C=O) groups excluding carboxylic acids is 1. The van der Waals surface area contributed by atoms with Crippen molar-refractivity contribution in [2.75, 3.05) is 0 Å². The Balaban J connectivity index is 1.74. The number of halogens is 2. The van der Waals surface area contributed by atoms with Crippen LogP contribution in [0.15, 0.2) is 56.5 Å². The molecule has 1 aromatic heterocycles. The van der Waals surface area contributed by atoms with Crippen LogP contribution in [0.25, 0.3) is 10.6 Å². The monoisotopic (exact) mass is 493 g/mol. The molecule has 132 valence electrons. The van der Waals surface area contributed by atoms with Crippen LogP contribution >= 0.6 is 43.2 Å².